The fourth-order valence-electron chi connectivity index (χ4n) is 1.41. The van der Waals surface area contributed by atoms with Crippen LogP contribution in [0.15, 0.2) is 0 Å². The number of nitrogens with two attached hydrogens (primary N) is 2. The van der Waals surface area contributed by atoms with Crippen LogP contribution in [0.5, 0.6) is 0 Å². The normalized spacial score (nSPS) is 15.7. The van der Waals surface area contributed by atoms with Crippen LogP contribution in [0, 0.1) is 0 Å². The van der Waals surface area contributed by atoms with E-state index in [0.29, 0.717) is 6.54 Å². The first-order chi connectivity index (χ1) is 6.12. The van der Waals surface area contributed by atoms with E-state index < -0.39 is 0 Å². The molecule has 0 saturated carbocycles. The van der Waals surface area contributed by atoms with Gasteiger partial charge in [0.2, 0.25) is 0 Å². The van der Waals surface area contributed by atoms with Gasteiger partial charge in [0.05, 0.1) is 0 Å². The van der Waals surface area contributed by atoms with E-state index in [1.54, 1.807) is 0 Å². The molecule has 0 heterocycles. The van der Waals surface area contributed by atoms with E-state index in [1.165, 1.54) is 38.5 Å². The number of unbranched alkanes of at least 4 members (excludes halogenated alkanes) is 5. The molecule has 13 heavy (non-hydrogen) atoms. The highest BCUT2D eigenvalue weighted by Gasteiger charge is 2.14. The summed E-state index contributed by atoms with van der Waals surface area (Å²) in [4.78, 5) is 0. The summed E-state index contributed by atoms with van der Waals surface area (Å²) in [5.74, 6) is 0. The van der Waals surface area contributed by atoms with Crippen LogP contribution in [0.4, 0.5) is 0 Å². The van der Waals surface area contributed by atoms with Crippen LogP contribution in [0.3, 0.4) is 0 Å². The van der Waals surface area contributed by atoms with E-state index in [0.717, 1.165) is 6.42 Å². The van der Waals surface area contributed by atoms with Crippen LogP contribution in [-0.2, 0) is 0 Å². The first-order valence-corrected chi connectivity index (χ1v) is 5.61. The molecule has 0 spiro atoms. The van der Waals surface area contributed by atoms with Crippen LogP contribution in [-0.4, -0.2) is 12.1 Å². The summed E-state index contributed by atoms with van der Waals surface area (Å²) >= 11 is 0. The highest BCUT2D eigenvalue weighted by Crippen LogP contribution is 2.12. The smallest absolute Gasteiger partial charge is 0.0249 e. The van der Waals surface area contributed by atoms with Gasteiger partial charge in [-0.2, -0.15) is 0 Å². The minimum Gasteiger partial charge on any atom is -0.329 e. The predicted molar refractivity (Wildman–Crippen MR) is 59.6 cm³/mol. The molecular weight excluding hydrogens is 160 g/mol. The molecule has 0 radical (unpaired) electrons. The van der Waals surface area contributed by atoms with Gasteiger partial charge in [-0.3, -0.25) is 0 Å². The average Bonchev–Trinajstić information content (AvgIpc) is 2.11. The zero-order valence-corrected chi connectivity index (χ0v) is 9.31. The van der Waals surface area contributed by atoms with Gasteiger partial charge >= 0.3 is 0 Å². The van der Waals surface area contributed by atoms with E-state index in [4.69, 9.17) is 11.5 Å². The molecule has 0 aliphatic heterocycles. The van der Waals surface area contributed by atoms with Gasteiger partial charge in [0.15, 0.2) is 0 Å². The van der Waals surface area contributed by atoms with Crippen molar-refractivity contribution in [2.75, 3.05) is 6.54 Å². The van der Waals surface area contributed by atoms with Crippen LogP contribution in [0.1, 0.15) is 58.8 Å². The van der Waals surface area contributed by atoms with E-state index >= 15 is 0 Å². The molecule has 0 amide bonds. The van der Waals surface area contributed by atoms with Gasteiger partial charge in [-0.15, -0.1) is 0 Å². The van der Waals surface area contributed by atoms with Crippen molar-refractivity contribution < 1.29 is 0 Å². The van der Waals surface area contributed by atoms with Gasteiger partial charge in [-0.1, -0.05) is 45.4 Å². The molecule has 0 fully saturated rings. The van der Waals surface area contributed by atoms with Crippen molar-refractivity contribution in [3.8, 4) is 0 Å². The lowest BCUT2D eigenvalue weighted by molar-refractivity contribution is 0.416. The standard InChI is InChI=1S/C11H26N2/c1-3-4-5-6-7-8-9-11(2,13)10-12/h3-10,12-13H2,1-2H3. The third kappa shape index (κ3) is 8.26. The third-order valence-corrected chi connectivity index (χ3v) is 2.57. The van der Waals surface area contributed by atoms with E-state index in [-0.39, 0.29) is 5.54 Å². The molecule has 2 nitrogen and oxygen atoms in total. The second-order valence-corrected chi connectivity index (χ2v) is 4.38. The maximum Gasteiger partial charge on any atom is 0.0249 e. The average molecular weight is 186 g/mol. The Hall–Kier alpha value is -0.0800. The molecule has 1 atom stereocenters. The maximum atomic E-state index is 5.93. The van der Waals surface area contributed by atoms with Crippen molar-refractivity contribution in [2.45, 2.75) is 64.3 Å². The molecule has 0 saturated heterocycles. The van der Waals surface area contributed by atoms with Crippen molar-refractivity contribution in [3.63, 3.8) is 0 Å². The largest absolute Gasteiger partial charge is 0.329 e. The lowest BCUT2D eigenvalue weighted by Crippen LogP contribution is -2.43. The number of hydrogen-bond acceptors (Lipinski definition) is 2. The zero-order valence-electron chi connectivity index (χ0n) is 9.31. The predicted octanol–water partition coefficient (Wildman–Crippen LogP) is 2.41. The first kappa shape index (κ1) is 12.9. The molecule has 2 heteroatoms. The summed E-state index contributed by atoms with van der Waals surface area (Å²) < 4.78 is 0. The SMILES string of the molecule is CCCCCCCCC(C)(N)CN. The Labute approximate surface area is 83.1 Å². The molecule has 0 aromatic carbocycles. The monoisotopic (exact) mass is 186 g/mol. The topological polar surface area (TPSA) is 52.0 Å². The first-order valence-electron chi connectivity index (χ1n) is 5.61. The van der Waals surface area contributed by atoms with Crippen molar-refractivity contribution in [1.82, 2.24) is 0 Å². The molecular formula is C11H26N2. The number of rotatable bonds is 8. The third-order valence-electron chi connectivity index (χ3n) is 2.57. The zero-order chi connectivity index (χ0) is 10.2. The summed E-state index contributed by atoms with van der Waals surface area (Å²) in [7, 11) is 0. The Morgan fingerprint density at radius 2 is 1.54 bits per heavy atom. The van der Waals surface area contributed by atoms with Gasteiger partial charge in [0, 0.05) is 12.1 Å². The minimum atomic E-state index is -0.134. The van der Waals surface area contributed by atoms with Crippen molar-refractivity contribution in [2.24, 2.45) is 11.5 Å². The summed E-state index contributed by atoms with van der Waals surface area (Å²) in [6, 6.07) is 0. The van der Waals surface area contributed by atoms with Gasteiger partial charge in [0.1, 0.15) is 0 Å². The van der Waals surface area contributed by atoms with E-state index in [9.17, 15) is 0 Å². The molecule has 1 unspecified atom stereocenters. The van der Waals surface area contributed by atoms with Crippen LogP contribution < -0.4 is 11.5 Å². The molecule has 0 bridgehead atoms. The lowest BCUT2D eigenvalue weighted by atomic mass is 9.95. The second kappa shape index (κ2) is 7.34. The quantitative estimate of drug-likeness (QED) is 0.572. The number of hydrogen-bond donors (Lipinski definition) is 2. The molecule has 0 aliphatic rings. The van der Waals surface area contributed by atoms with Crippen molar-refractivity contribution in [3.05, 3.63) is 0 Å². The second-order valence-electron chi connectivity index (χ2n) is 4.38. The lowest BCUT2D eigenvalue weighted by Gasteiger charge is -2.21. The Bertz CT molecular complexity index is 111. The molecule has 4 N–H and O–H groups in total. The molecule has 0 rings (SSSR count). The maximum absolute atomic E-state index is 5.93. The summed E-state index contributed by atoms with van der Waals surface area (Å²) in [6.45, 7) is 4.88. The van der Waals surface area contributed by atoms with E-state index in [1.807, 2.05) is 6.92 Å². The van der Waals surface area contributed by atoms with Crippen LogP contribution in [0.25, 0.3) is 0 Å². The molecule has 0 aromatic heterocycles. The van der Waals surface area contributed by atoms with Gasteiger partial charge in [0.25, 0.3) is 0 Å². The Morgan fingerprint density at radius 3 is 2.08 bits per heavy atom. The fourth-order valence-corrected chi connectivity index (χ4v) is 1.41. The minimum absolute atomic E-state index is 0.134. The van der Waals surface area contributed by atoms with Crippen LogP contribution >= 0.6 is 0 Å². The Kier molecular flexibility index (Phi) is 7.29. The summed E-state index contributed by atoms with van der Waals surface area (Å²) in [5, 5.41) is 0. The fraction of sp³-hybridized carbons (Fsp3) is 1.00. The molecule has 80 valence electrons. The van der Waals surface area contributed by atoms with Crippen molar-refractivity contribution in [1.29, 1.82) is 0 Å². The van der Waals surface area contributed by atoms with Gasteiger partial charge in [-0.25, -0.2) is 0 Å². The van der Waals surface area contributed by atoms with Gasteiger partial charge < -0.3 is 11.5 Å². The highest BCUT2D eigenvalue weighted by molar-refractivity contribution is 4.78. The Balaban J connectivity index is 3.16. The highest BCUT2D eigenvalue weighted by atomic mass is 14.8. The molecule has 0 aliphatic carbocycles. The van der Waals surface area contributed by atoms with Crippen LogP contribution in [0.2, 0.25) is 0 Å². The van der Waals surface area contributed by atoms with Gasteiger partial charge in [-0.05, 0) is 13.3 Å². The van der Waals surface area contributed by atoms with Crippen molar-refractivity contribution >= 4 is 0 Å². The Morgan fingerprint density at radius 1 is 1.00 bits per heavy atom. The van der Waals surface area contributed by atoms with E-state index in [2.05, 4.69) is 6.92 Å². The summed E-state index contributed by atoms with van der Waals surface area (Å²) in [6.07, 6.45) is 9.03. The molecule has 0 aromatic rings. The summed E-state index contributed by atoms with van der Waals surface area (Å²) in [5.41, 5.74) is 11.3.